The summed E-state index contributed by atoms with van der Waals surface area (Å²) >= 11 is 0. The van der Waals surface area contributed by atoms with Crippen molar-refractivity contribution in [2.24, 2.45) is 0 Å². The Labute approximate surface area is 181 Å². The van der Waals surface area contributed by atoms with Crippen LogP contribution in [0, 0.1) is 0 Å². The van der Waals surface area contributed by atoms with Crippen LogP contribution in [0.5, 0.6) is 17.2 Å². The number of nitrogens with zero attached hydrogens (tertiary/aromatic N) is 1. The summed E-state index contributed by atoms with van der Waals surface area (Å²) in [4.78, 5) is 26.3. The van der Waals surface area contributed by atoms with Crippen LogP contribution in [0.15, 0.2) is 36.4 Å². The van der Waals surface area contributed by atoms with Crippen molar-refractivity contribution in [1.29, 1.82) is 0 Å². The van der Waals surface area contributed by atoms with E-state index in [1.807, 2.05) is 18.2 Å². The second kappa shape index (κ2) is 9.26. The minimum Gasteiger partial charge on any atom is -0.495 e. The highest BCUT2D eigenvalue weighted by atomic mass is 16.6. The molecule has 31 heavy (non-hydrogen) atoms. The molecule has 8 nitrogen and oxygen atoms in total. The highest BCUT2D eigenvalue weighted by Crippen LogP contribution is 2.38. The van der Waals surface area contributed by atoms with Crippen LogP contribution < -0.4 is 24.8 Å². The molecule has 0 unspecified atom stereocenters. The topological polar surface area (TPSA) is 89.1 Å². The minimum absolute atomic E-state index is 0.136. The van der Waals surface area contributed by atoms with Gasteiger partial charge in [0.05, 0.1) is 19.3 Å². The number of hydrogen-bond donors (Lipinski definition) is 2. The Morgan fingerprint density at radius 2 is 1.90 bits per heavy atom. The molecule has 0 spiro atoms. The predicted octanol–water partition coefficient (Wildman–Crippen LogP) is 3.20. The van der Waals surface area contributed by atoms with Gasteiger partial charge in [0.25, 0.3) is 0 Å². The van der Waals surface area contributed by atoms with Crippen LogP contribution in [0.25, 0.3) is 0 Å². The van der Waals surface area contributed by atoms with Crippen LogP contribution in [-0.2, 0) is 9.59 Å². The summed E-state index contributed by atoms with van der Waals surface area (Å²) in [6, 6.07) is 11.3. The molecule has 2 aromatic carbocycles. The van der Waals surface area contributed by atoms with E-state index < -0.39 is 0 Å². The number of hydrogen-bond acceptors (Lipinski definition) is 6. The molecule has 4 rings (SSSR count). The highest BCUT2D eigenvalue weighted by molar-refractivity contribution is 5.95. The van der Waals surface area contributed by atoms with Crippen LogP contribution >= 0.6 is 0 Å². The second-order valence-electron chi connectivity index (χ2n) is 7.68. The van der Waals surface area contributed by atoms with Gasteiger partial charge in [-0.3, -0.25) is 14.5 Å². The van der Waals surface area contributed by atoms with E-state index in [0.29, 0.717) is 30.3 Å². The molecule has 2 aromatic rings. The monoisotopic (exact) mass is 425 g/mol. The Morgan fingerprint density at radius 1 is 1.10 bits per heavy atom. The van der Waals surface area contributed by atoms with Crippen molar-refractivity contribution < 1.29 is 23.8 Å². The summed E-state index contributed by atoms with van der Waals surface area (Å²) in [6.45, 7) is 3.65. The molecule has 1 atom stereocenters. The van der Waals surface area contributed by atoms with Gasteiger partial charge in [0.2, 0.25) is 11.8 Å². The summed E-state index contributed by atoms with van der Waals surface area (Å²) in [7, 11) is 1.54. The van der Waals surface area contributed by atoms with Crippen LogP contribution in [0.2, 0.25) is 0 Å². The zero-order chi connectivity index (χ0) is 21.8. The molecule has 0 radical (unpaired) electrons. The maximum absolute atomic E-state index is 12.8. The number of amides is 2. The van der Waals surface area contributed by atoms with E-state index in [9.17, 15) is 9.59 Å². The summed E-state index contributed by atoms with van der Waals surface area (Å²) in [5.41, 5.74) is 2.24. The van der Waals surface area contributed by atoms with Crippen molar-refractivity contribution in [2.75, 3.05) is 44.0 Å². The zero-order valence-corrected chi connectivity index (χ0v) is 17.8. The van der Waals surface area contributed by atoms with Crippen LogP contribution in [0.1, 0.15) is 31.4 Å². The fourth-order valence-electron chi connectivity index (χ4n) is 4.12. The van der Waals surface area contributed by atoms with E-state index >= 15 is 0 Å². The molecule has 2 N–H and O–H groups in total. The van der Waals surface area contributed by atoms with Crippen molar-refractivity contribution in [3.8, 4) is 17.2 Å². The third kappa shape index (κ3) is 4.91. The molecule has 8 heteroatoms. The standard InChI is InChI=1S/C23H27N3O5/c1-15(27)24-17-6-8-20(29-2)18(13-17)25-23(28)14-26-9-3-4-19(26)16-5-7-21-22(12-16)31-11-10-30-21/h5-8,12-13,19H,3-4,9-11,14H2,1-2H3,(H,24,27)(H,25,28)/t19-/m0/s1. The first-order valence-electron chi connectivity index (χ1n) is 10.4. The van der Waals surface area contributed by atoms with Gasteiger partial charge in [-0.1, -0.05) is 6.07 Å². The summed E-state index contributed by atoms with van der Waals surface area (Å²) < 4.78 is 16.7. The van der Waals surface area contributed by atoms with Gasteiger partial charge in [-0.15, -0.1) is 0 Å². The quantitative estimate of drug-likeness (QED) is 0.739. The third-order valence-electron chi connectivity index (χ3n) is 5.46. The molecular formula is C23H27N3O5. The summed E-state index contributed by atoms with van der Waals surface area (Å²) in [5, 5.41) is 5.64. The maximum atomic E-state index is 12.8. The third-order valence-corrected chi connectivity index (χ3v) is 5.46. The lowest BCUT2D eigenvalue weighted by atomic mass is 10.0. The first-order chi connectivity index (χ1) is 15.0. The number of carbonyl (C=O) groups is 2. The van der Waals surface area contributed by atoms with Crippen molar-refractivity contribution in [2.45, 2.75) is 25.8 Å². The molecule has 1 fully saturated rings. The van der Waals surface area contributed by atoms with Crippen molar-refractivity contribution >= 4 is 23.2 Å². The average Bonchev–Trinajstić information content (AvgIpc) is 3.21. The molecule has 2 aliphatic rings. The van der Waals surface area contributed by atoms with Gasteiger partial charge < -0.3 is 24.8 Å². The van der Waals surface area contributed by atoms with Gasteiger partial charge in [-0.25, -0.2) is 0 Å². The lowest BCUT2D eigenvalue weighted by molar-refractivity contribution is -0.117. The van der Waals surface area contributed by atoms with Crippen molar-refractivity contribution in [3.63, 3.8) is 0 Å². The average molecular weight is 425 g/mol. The van der Waals surface area contributed by atoms with E-state index in [4.69, 9.17) is 14.2 Å². The first kappa shape index (κ1) is 21.0. The predicted molar refractivity (Wildman–Crippen MR) is 117 cm³/mol. The van der Waals surface area contributed by atoms with Gasteiger partial charge in [0, 0.05) is 18.7 Å². The van der Waals surface area contributed by atoms with Crippen LogP contribution in [0.4, 0.5) is 11.4 Å². The Bertz CT molecular complexity index is 978. The molecule has 0 saturated carbocycles. The summed E-state index contributed by atoms with van der Waals surface area (Å²) in [5.74, 6) is 1.75. The SMILES string of the molecule is COc1ccc(NC(C)=O)cc1NC(=O)CN1CCC[C@H]1c1ccc2c(c1)OCCO2. The number of fused-ring (bicyclic) bond motifs is 1. The number of benzene rings is 2. The van der Waals surface area contributed by atoms with E-state index in [1.165, 1.54) is 6.92 Å². The lowest BCUT2D eigenvalue weighted by Gasteiger charge is -2.26. The van der Waals surface area contributed by atoms with E-state index in [0.717, 1.165) is 36.4 Å². The molecule has 164 valence electrons. The van der Waals surface area contributed by atoms with Gasteiger partial charge in [-0.05, 0) is 55.3 Å². The number of rotatable bonds is 6. The Morgan fingerprint density at radius 3 is 2.68 bits per heavy atom. The molecular weight excluding hydrogens is 398 g/mol. The smallest absolute Gasteiger partial charge is 0.238 e. The second-order valence-corrected chi connectivity index (χ2v) is 7.68. The molecule has 1 saturated heterocycles. The van der Waals surface area contributed by atoms with Gasteiger partial charge >= 0.3 is 0 Å². The Hall–Kier alpha value is -3.26. The fraction of sp³-hybridized carbons (Fsp3) is 0.391. The molecule has 0 aromatic heterocycles. The van der Waals surface area contributed by atoms with Crippen molar-refractivity contribution in [3.05, 3.63) is 42.0 Å². The minimum atomic E-state index is -0.179. The van der Waals surface area contributed by atoms with Gasteiger partial charge in [0.15, 0.2) is 11.5 Å². The molecule has 0 bridgehead atoms. The van der Waals surface area contributed by atoms with Crippen LogP contribution in [0.3, 0.4) is 0 Å². The number of ether oxygens (including phenoxy) is 3. The highest BCUT2D eigenvalue weighted by Gasteiger charge is 2.29. The molecule has 2 heterocycles. The van der Waals surface area contributed by atoms with E-state index in [-0.39, 0.29) is 24.4 Å². The van der Waals surface area contributed by atoms with E-state index in [2.05, 4.69) is 15.5 Å². The maximum Gasteiger partial charge on any atom is 0.238 e. The lowest BCUT2D eigenvalue weighted by Crippen LogP contribution is -2.33. The molecule has 0 aliphatic carbocycles. The normalized spacial score (nSPS) is 17.8. The number of methoxy groups -OCH3 is 1. The zero-order valence-electron chi connectivity index (χ0n) is 17.8. The Kier molecular flexibility index (Phi) is 6.27. The molecule has 2 aliphatic heterocycles. The number of nitrogens with one attached hydrogen (secondary N) is 2. The number of anilines is 2. The fourth-order valence-corrected chi connectivity index (χ4v) is 4.12. The summed E-state index contributed by atoms with van der Waals surface area (Å²) in [6.07, 6.45) is 2.00. The van der Waals surface area contributed by atoms with E-state index in [1.54, 1.807) is 25.3 Å². The largest absolute Gasteiger partial charge is 0.495 e. The Balaban J connectivity index is 1.45. The number of carbonyl (C=O) groups excluding carboxylic acids is 2. The number of likely N-dealkylation sites (tertiary alicyclic amines) is 1. The van der Waals surface area contributed by atoms with Gasteiger partial charge in [0.1, 0.15) is 19.0 Å². The van der Waals surface area contributed by atoms with Gasteiger partial charge in [-0.2, -0.15) is 0 Å². The van der Waals surface area contributed by atoms with Crippen LogP contribution in [-0.4, -0.2) is 50.1 Å². The van der Waals surface area contributed by atoms with Crippen molar-refractivity contribution in [1.82, 2.24) is 4.90 Å². The molecule has 2 amide bonds. The first-order valence-corrected chi connectivity index (χ1v) is 10.4.